The van der Waals surface area contributed by atoms with Crippen molar-refractivity contribution in [3.8, 4) is 0 Å². The van der Waals surface area contributed by atoms with Gasteiger partial charge in [0, 0.05) is 6.04 Å². The van der Waals surface area contributed by atoms with Gasteiger partial charge in [-0.1, -0.05) is 6.92 Å². The lowest BCUT2D eigenvalue weighted by Gasteiger charge is -2.20. The average molecular weight is 238 g/mol. The number of rotatable bonds is 5. The van der Waals surface area contributed by atoms with E-state index in [9.17, 15) is 18.0 Å². The second-order valence-corrected chi connectivity index (χ2v) is 4.65. The zero-order valence-corrected chi connectivity index (χ0v) is 9.45. The summed E-state index contributed by atoms with van der Waals surface area (Å²) in [6, 6.07) is 0.157. The third kappa shape index (κ3) is 4.38. The van der Waals surface area contributed by atoms with Crippen LogP contribution in [-0.2, 0) is 4.79 Å². The number of halogens is 3. The average Bonchev–Trinajstić information content (AvgIpc) is 2.90. The molecule has 1 aliphatic carbocycles. The minimum atomic E-state index is -4.34. The molecule has 0 saturated heterocycles. The topological polar surface area (TPSA) is 41.1 Å². The summed E-state index contributed by atoms with van der Waals surface area (Å²) in [5, 5.41) is 4.77. The van der Waals surface area contributed by atoms with Crippen molar-refractivity contribution in [3.05, 3.63) is 0 Å². The van der Waals surface area contributed by atoms with E-state index in [4.69, 9.17) is 0 Å². The van der Waals surface area contributed by atoms with Gasteiger partial charge in [0.1, 0.15) is 6.54 Å². The molecule has 0 spiro atoms. The number of hydrogen-bond donors (Lipinski definition) is 2. The first-order chi connectivity index (χ1) is 7.23. The molecule has 1 fully saturated rings. The molecule has 1 amide bonds. The third-order valence-electron chi connectivity index (χ3n) is 3.14. The van der Waals surface area contributed by atoms with Crippen LogP contribution in [0.15, 0.2) is 0 Å². The van der Waals surface area contributed by atoms with Gasteiger partial charge in [-0.25, -0.2) is 0 Å². The smallest absolute Gasteiger partial charge is 0.346 e. The summed E-state index contributed by atoms with van der Waals surface area (Å²) in [6.07, 6.45) is -2.14. The van der Waals surface area contributed by atoms with Crippen molar-refractivity contribution in [3.63, 3.8) is 0 Å². The van der Waals surface area contributed by atoms with Gasteiger partial charge < -0.3 is 10.6 Å². The first kappa shape index (κ1) is 13.3. The summed E-state index contributed by atoms with van der Waals surface area (Å²) in [5.41, 5.74) is 0.213. The van der Waals surface area contributed by atoms with Crippen LogP contribution in [0.25, 0.3) is 0 Å². The van der Waals surface area contributed by atoms with Gasteiger partial charge in [0.15, 0.2) is 0 Å². The van der Waals surface area contributed by atoms with E-state index < -0.39 is 18.6 Å². The maximum Gasteiger partial charge on any atom is 0.405 e. The predicted molar refractivity (Wildman–Crippen MR) is 53.9 cm³/mol. The maximum atomic E-state index is 11.8. The highest BCUT2D eigenvalue weighted by Gasteiger charge is 2.42. The number of carbonyl (C=O) groups excluding carboxylic acids is 1. The van der Waals surface area contributed by atoms with Gasteiger partial charge in [0.2, 0.25) is 5.91 Å². The number of carbonyl (C=O) groups is 1. The van der Waals surface area contributed by atoms with Crippen LogP contribution in [0.1, 0.15) is 26.7 Å². The first-order valence-electron chi connectivity index (χ1n) is 5.30. The lowest BCUT2D eigenvalue weighted by Crippen LogP contribution is -2.43. The lowest BCUT2D eigenvalue weighted by atomic mass is 10.0. The minimum absolute atomic E-state index is 0.0627. The van der Waals surface area contributed by atoms with Crippen LogP contribution in [0.2, 0.25) is 0 Å². The van der Waals surface area contributed by atoms with Crippen LogP contribution in [0, 0.1) is 5.41 Å². The molecule has 1 atom stereocenters. The van der Waals surface area contributed by atoms with Crippen molar-refractivity contribution >= 4 is 5.91 Å². The standard InChI is InChI=1S/C10H17F3N2O/c1-7(9(2)3-4-9)14-5-8(16)15-6-10(11,12)13/h7,14H,3-6H2,1-2H3,(H,15,16). The van der Waals surface area contributed by atoms with Crippen molar-refractivity contribution < 1.29 is 18.0 Å². The molecule has 6 heteroatoms. The van der Waals surface area contributed by atoms with E-state index in [1.54, 1.807) is 0 Å². The van der Waals surface area contributed by atoms with E-state index in [0.717, 1.165) is 12.8 Å². The Morgan fingerprint density at radius 1 is 1.44 bits per heavy atom. The van der Waals surface area contributed by atoms with Gasteiger partial charge in [0.05, 0.1) is 6.54 Å². The molecule has 1 aliphatic rings. The molecule has 1 rings (SSSR count). The van der Waals surface area contributed by atoms with Crippen LogP contribution < -0.4 is 10.6 Å². The Bertz CT molecular complexity index is 261. The normalized spacial score (nSPS) is 20.3. The van der Waals surface area contributed by atoms with Gasteiger partial charge in [-0.15, -0.1) is 0 Å². The van der Waals surface area contributed by atoms with Crippen molar-refractivity contribution in [2.75, 3.05) is 13.1 Å². The molecule has 0 radical (unpaired) electrons. The van der Waals surface area contributed by atoms with Crippen LogP contribution in [-0.4, -0.2) is 31.2 Å². The van der Waals surface area contributed by atoms with Gasteiger partial charge in [0.25, 0.3) is 0 Å². The van der Waals surface area contributed by atoms with E-state index in [1.165, 1.54) is 0 Å². The third-order valence-corrected chi connectivity index (χ3v) is 3.14. The lowest BCUT2D eigenvalue weighted by molar-refractivity contribution is -0.138. The largest absolute Gasteiger partial charge is 0.405 e. The quantitative estimate of drug-likeness (QED) is 0.761. The van der Waals surface area contributed by atoms with Gasteiger partial charge in [-0.3, -0.25) is 4.79 Å². The molecule has 1 saturated carbocycles. The Morgan fingerprint density at radius 2 is 2.00 bits per heavy atom. The molecule has 3 nitrogen and oxygen atoms in total. The van der Waals surface area contributed by atoms with Crippen LogP contribution >= 0.6 is 0 Å². The number of nitrogens with one attached hydrogen (secondary N) is 2. The Labute approximate surface area is 92.8 Å². The van der Waals surface area contributed by atoms with Gasteiger partial charge in [-0.2, -0.15) is 13.2 Å². The molecule has 0 aromatic carbocycles. The fraction of sp³-hybridized carbons (Fsp3) is 0.900. The summed E-state index contributed by atoms with van der Waals surface area (Å²) in [6.45, 7) is 2.72. The van der Waals surface area contributed by atoms with E-state index in [1.807, 2.05) is 12.2 Å². The van der Waals surface area contributed by atoms with E-state index >= 15 is 0 Å². The van der Waals surface area contributed by atoms with E-state index in [2.05, 4.69) is 12.2 Å². The first-order valence-corrected chi connectivity index (χ1v) is 5.30. The Hall–Kier alpha value is -0.780. The zero-order chi connectivity index (χ0) is 12.4. The molecule has 0 heterocycles. The highest BCUT2D eigenvalue weighted by Crippen LogP contribution is 2.47. The summed E-state index contributed by atoms with van der Waals surface area (Å²) in [5.74, 6) is -0.617. The van der Waals surface area contributed by atoms with Crippen molar-refractivity contribution in [1.82, 2.24) is 10.6 Å². The van der Waals surface area contributed by atoms with E-state index in [0.29, 0.717) is 0 Å². The molecule has 0 aromatic rings. The maximum absolute atomic E-state index is 11.8. The Balaban J connectivity index is 2.15. The molecule has 94 valence electrons. The molecule has 1 unspecified atom stereocenters. The highest BCUT2D eigenvalue weighted by atomic mass is 19.4. The summed E-state index contributed by atoms with van der Waals surface area (Å²) < 4.78 is 35.3. The zero-order valence-electron chi connectivity index (χ0n) is 9.45. The summed E-state index contributed by atoms with van der Waals surface area (Å²) in [7, 11) is 0. The van der Waals surface area contributed by atoms with Gasteiger partial charge in [-0.05, 0) is 25.2 Å². The molecule has 0 aliphatic heterocycles. The second kappa shape index (κ2) is 4.61. The highest BCUT2D eigenvalue weighted by molar-refractivity contribution is 5.78. The van der Waals surface area contributed by atoms with Crippen molar-refractivity contribution in [2.24, 2.45) is 5.41 Å². The van der Waals surface area contributed by atoms with Crippen LogP contribution in [0.4, 0.5) is 13.2 Å². The molecule has 0 bridgehead atoms. The van der Waals surface area contributed by atoms with Crippen LogP contribution in [0.5, 0.6) is 0 Å². The summed E-state index contributed by atoms with van der Waals surface area (Å²) >= 11 is 0. The fourth-order valence-electron chi connectivity index (χ4n) is 1.38. The SMILES string of the molecule is CC(NCC(=O)NCC(F)(F)F)C1(C)CC1. The minimum Gasteiger partial charge on any atom is -0.346 e. The summed E-state index contributed by atoms with van der Waals surface area (Å²) in [4.78, 5) is 11.1. The Kier molecular flexibility index (Phi) is 3.83. The molecule has 2 N–H and O–H groups in total. The van der Waals surface area contributed by atoms with E-state index in [-0.39, 0.29) is 18.0 Å². The monoisotopic (exact) mass is 238 g/mol. The molecule has 0 aromatic heterocycles. The molecule has 16 heavy (non-hydrogen) atoms. The molecular formula is C10H17F3N2O. The molecular weight excluding hydrogens is 221 g/mol. The number of amides is 1. The van der Waals surface area contributed by atoms with Crippen molar-refractivity contribution in [1.29, 1.82) is 0 Å². The van der Waals surface area contributed by atoms with Gasteiger partial charge >= 0.3 is 6.18 Å². The van der Waals surface area contributed by atoms with Crippen molar-refractivity contribution in [2.45, 2.75) is 38.9 Å². The predicted octanol–water partition coefficient (Wildman–Crippen LogP) is 1.44. The fourth-order valence-corrected chi connectivity index (χ4v) is 1.38. The Morgan fingerprint density at radius 3 is 2.44 bits per heavy atom. The number of alkyl halides is 3. The second-order valence-electron chi connectivity index (χ2n) is 4.65. The number of hydrogen-bond acceptors (Lipinski definition) is 2. The van der Waals surface area contributed by atoms with Crippen LogP contribution in [0.3, 0.4) is 0 Å².